The number of carbonyl (C=O) groups is 1. The number of aryl methyl sites for hydroxylation is 1. The molecule has 0 bridgehead atoms. The molecular weight excluding hydrogens is 373 g/mol. The van der Waals surface area contributed by atoms with Crippen LogP contribution in [0.15, 0.2) is 48.5 Å². The number of hydrogen-bond acceptors (Lipinski definition) is 4. The van der Waals surface area contributed by atoms with Gasteiger partial charge in [0.25, 0.3) is 0 Å². The number of rotatable bonds is 9. The van der Waals surface area contributed by atoms with Gasteiger partial charge in [-0.2, -0.15) is 13.2 Å². The van der Waals surface area contributed by atoms with Gasteiger partial charge in [0.15, 0.2) is 18.1 Å². The fourth-order valence-corrected chi connectivity index (χ4v) is 2.53. The Kier molecular flexibility index (Phi) is 7.69. The van der Waals surface area contributed by atoms with Crippen molar-refractivity contribution in [2.45, 2.75) is 25.1 Å². The van der Waals surface area contributed by atoms with Gasteiger partial charge >= 0.3 is 6.18 Å². The van der Waals surface area contributed by atoms with Crippen molar-refractivity contribution in [3.63, 3.8) is 0 Å². The van der Waals surface area contributed by atoms with Crippen molar-refractivity contribution in [2.75, 3.05) is 20.3 Å². The molecule has 0 aliphatic carbocycles. The van der Waals surface area contributed by atoms with Gasteiger partial charge in [-0.25, -0.2) is 0 Å². The fourth-order valence-electron chi connectivity index (χ4n) is 2.53. The molecule has 3 N–H and O–H groups in total. The summed E-state index contributed by atoms with van der Waals surface area (Å²) in [6, 6.07) is 13.7. The summed E-state index contributed by atoms with van der Waals surface area (Å²) in [5.41, 5.74) is 7.72. The van der Waals surface area contributed by atoms with Crippen LogP contribution in [-0.4, -0.2) is 32.3 Å². The number of benzene rings is 2. The molecule has 2 aromatic carbocycles. The van der Waals surface area contributed by atoms with E-state index in [0.717, 1.165) is 11.1 Å². The summed E-state index contributed by atoms with van der Waals surface area (Å²) in [7, 11) is 1.34. The van der Waals surface area contributed by atoms with Crippen LogP contribution in [0.2, 0.25) is 0 Å². The summed E-state index contributed by atoms with van der Waals surface area (Å²) in [4.78, 5) is 12.0. The first-order chi connectivity index (χ1) is 13.3. The predicted molar refractivity (Wildman–Crippen MR) is 99.2 cm³/mol. The average Bonchev–Trinajstić information content (AvgIpc) is 2.69. The fraction of sp³-hybridized carbons (Fsp3) is 0.350. The lowest BCUT2D eigenvalue weighted by atomic mass is 10.1. The first-order valence-corrected chi connectivity index (χ1v) is 8.72. The van der Waals surface area contributed by atoms with Gasteiger partial charge in [-0.05, 0) is 29.7 Å². The van der Waals surface area contributed by atoms with E-state index in [4.69, 9.17) is 15.2 Å². The van der Waals surface area contributed by atoms with Crippen molar-refractivity contribution in [3.8, 4) is 11.5 Å². The largest absolute Gasteiger partial charge is 0.493 e. The third kappa shape index (κ3) is 7.11. The van der Waals surface area contributed by atoms with Crippen molar-refractivity contribution in [1.82, 2.24) is 5.32 Å². The molecule has 8 heteroatoms. The second-order valence-corrected chi connectivity index (χ2v) is 6.21. The Labute approximate surface area is 161 Å². The van der Waals surface area contributed by atoms with E-state index in [1.54, 1.807) is 12.1 Å². The predicted octanol–water partition coefficient (Wildman–Crippen LogP) is 3.39. The van der Waals surface area contributed by atoms with Gasteiger partial charge in [-0.1, -0.05) is 36.4 Å². The molecule has 0 fully saturated rings. The maximum atomic E-state index is 12.3. The van der Waals surface area contributed by atoms with Gasteiger partial charge in [-0.3, -0.25) is 4.79 Å². The number of alkyl halides is 3. The second kappa shape index (κ2) is 9.98. The number of amides is 1. The van der Waals surface area contributed by atoms with E-state index < -0.39 is 12.8 Å². The zero-order valence-electron chi connectivity index (χ0n) is 15.5. The SMILES string of the molecule is COc1cc(CCC(=O)NCC(N)c2ccccc2)ccc1OCC(F)(F)F. The minimum Gasteiger partial charge on any atom is -0.493 e. The van der Waals surface area contributed by atoms with E-state index in [9.17, 15) is 18.0 Å². The highest BCUT2D eigenvalue weighted by atomic mass is 19.4. The summed E-state index contributed by atoms with van der Waals surface area (Å²) in [6.07, 6.45) is -3.81. The number of methoxy groups -OCH3 is 1. The highest BCUT2D eigenvalue weighted by Crippen LogP contribution is 2.30. The van der Waals surface area contributed by atoms with Crippen LogP contribution in [0.3, 0.4) is 0 Å². The molecule has 0 heterocycles. The molecule has 152 valence electrons. The highest BCUT2D eigenvalue weighted by Gasteiger charge is 2.29. The summed E-state index contributed by atoms with van der Waals surface area (Å²) >= 11 is 0. The Morgan fingerprint density at radius 2 is 1.86 bits per heavy atom. The van der Waals surface area contributed by atoms with Gasteiger partial charge < -0.3 is 20.5 Å². The Hall–Kier alpha value is -2.74. The molecule has 0 aromatic heterocycles. The van der Waals surface area contributed by atoms with Gasteiger partial charge in [-0.15, -0.1) is 0 Å². The van der Waals surface area contributed by atoms with Gasteiger partial charge in [0.05, 0.1) is 7.11 Å². The van der Waals surface area contributed by atoms with E-state index in [2.05, 4.69) is 5.32 Å². The maximum Gasteiger partial charge on any atom is 0.422 e. The number of nitrogens with two attached hydrogens (primary N) is 1. The zero-order valence-corrected chi connectivity index (χ0v) is 15.5. The minimum atomic E-state index is -4.43. The molecule has 0 saturated heterocycles. The highest BCUT2D eigenvalue weighted by molar-refractivity contribution is 5.76. The van der Waals surface area contributed by atoms with Crippen LogP contribution in [0.5, 0.6) is 11.5 Å². The topological polar surface area (TPSA) is 73.6 Å². The van der Waals surface area contributed by atoms with Crippen molar-refractivity contribution in [2.24, 2.45) is 5.73 Å². The lowest BCUT2D eigenvalue weighted by Crippen LogP contribution is -2.32. The summed E-state index contributed by atoms with van der Waals surface area (Å²) < 4.78 is 46.7. The molecule has 28 heavy (non-hydrogen) atoms. The molecule has 0 aliphatic rings. The van der Waals surface area contributed by atoms with Gasteiger partial charge in [0.2, 0.25) is 5.91 Å². The van der Waals surface area contributed by atoms with Gasteiger partial charge in [0.1, 0.15) is 0 Å². The first-order valence-electron chi connectivity index (χ1n) is 8.72. The molecule has 5 nitrogen and oxygen atoms in total. The zero-order chi connectivity index (χ0) is 20.6. The molecule has 0 spiro atoms. The molecule has 1 unspecified atom stereocenters. The molecule has 2 rings (SSSR count). The molecule has 0 aliphatic heterocycles. The van der Waals surface area contributed by atoms with Gasteiger partial charge in [0, 0.05) is 19.0 Å². The lowest BCUT2D eigenvalue weighted by Gasteiger charge is -2.14. The molecular formula is C20H23F3N2O3. The van der Waals surface area contributed by atoms with Crippen molar-refractivity contribution >= 4 is 5.91 Å². The number of hydrogen-bond donors (Lipinski definition) is 2. The Morgan fingerprint density at radius 1 is 1.14 bits per heavy atom. The van der Waals surface area contributed by atoms with Crippen LogP contribution in [0.25, 0.3) is 0 Å². The van der Waals surface area contributed by atoms with Crippen LogP contribution < -0.4 is 20.5 Å². The Bertz CT molecular complexity index is 767. The number of carbonyl (C=O) groups excluding carboxylic acids is 1. The van der Waals surface area contributed by atoms with Crippen LogP contribution in [-0.2, 0) is 11.2 Å². The van der Waals surface area contributed by atoms with Crippen molar-refractivity contribution in [3.05, 3.63) is 59.7 Å². The van der Waals surface area contributed by atoms with Crippen LogP contribution in [0, 0.1) is 0 Å². The standard InChI is InChI=1S/C20H23F3N2O3/c1-27-18-11-14(7-9-17(18)28-13-20(21,22)23)8-10-19(26)25-12-16(24)15-5-3-2-4-6-15/h2-7,9,11,16H,8,10,12-13,24H2,1H3,(H,25,26). The molecule has 0 radical (unpaired) electrons. The Morgan fingerprint density at radius 3 is 2.50 bits per heavy atom. The summed E-state index contributed by atoms with van der Waals surface area (Å²) in [5, 5.41) is 2.78. The minimum absolute atomic E-state index is 0.00172. The van der Waals surface area contributed by atoms with E-state index in [-0.39, 0.29) is 29.9 Å². The quantitative estimate of drug-likeness (QED) is 0.682. The monoisotopic (exact) mass is 396 g/mol. The Balaban J connectivity index is 1.83. The van der Waals surface area contributed by atoms with Crippen LogP contribution in [0.1, 0.15) is 23.6 Å². The third-order valence-corrected chi connectivity index (χ3v) is 4.01. The third-order valence-electron chi connectivity index (χ3n) is 4.01. The average molecular weight is 396 g/mol. The maximum absolute atomic E-state index is 12.3. The first kappa shape index (κ1) is 21.6. The van der Waals surface area contributed by atoms with Crippen LogP contribution in [0.4, 0.5) is 13.2 Å². The lowest BCUT2D eigenvalue weighted by molar-refractivity contribution is -0.153. The molecule has 0 saturated carbocycles. The van der Waals surface area contributed by atoms with E-state index in [1.165, 1.54) is 13.2 Å². The van der Waals surface area contributed by atoms with Crippen molar-refractivity contribution in [1.29, 1.82) is 0 Å². The number of ether oxygens (including phenoxy) is 2. The van der Waals surface area contributed by atoms with Crippen molar-refractivity contribution < 1.29 is 27.4 Å². The van der Waals surface area contributed by atoms with E-state index in [0.29, 0.717) is 13.0 Å². The normalized spacial score (nSPS) is 12.3. The van der Waals surface area contributed by atoms with Crippen LogP contribution >= 0.6 is 0 Å². The second-order valence-electron chi connectivity index (χ2n) is 6.21. The molecule has 1 amide bonds. The smallest absolute Gasteiger partial charge is 0.422 e. The van der Waals surface area contributed by atoms with E-state index >= 15 is 0 Å². The summed E-state index contributed by atoms with van der Waals surface area (Å²) in [6.45, 7) is -1.08. The number of nitrogens with one attached hydrogen (secondary N) is 1. The van der Waals surface area contributed by atoms with E-state index in [1.807, 2.05) is 30.3 Å². The molecule has 2 aromatic rings. The summed E-state index contributed by atoms with van der Waals surface area (Å²) in [5.74, 6) is 0.0258. The number of halogens is 3. The molecule has 1 atom stereocenters.